The summed E-state index contributed by atoms with van der Waals surface area (Å²) in [5.41, 5.74) is 5.89. The molecule has 2 aromatic carbocycles. The summed E-state index contributed by atoms with van der Waals surface area (Å²) in [5, 5.41) is 0. The minimum Gasteiger partial charge on any atom is -1.00 e. The van der Waals surface area contributed by atoms with Crippen molar-refractivity contribution in [3.05, 3.63) is 82.9 Å². The molecule has 0 nitrogen and oxygen atoms in total. The van der Waals surface area contributed by atoms with Crippen LogP contribution in [0, 0.1) is 5.92 Å². The number of benzene rings is 2. The van der Waals surface area contributed by atoms with Crippen LogP contribution in [0.25, 0.3) is 12.2 Å². The molecule has 0 aliphatic heterocycles. The van der Waals surface area contributed by atoms with Crippen molar-refractivity contribution in [2.75, 3.05) is 0 Å². The standard InChI is InChI=1S/C23H23.2ClH.Zr/c1-2-3-10-21(22-15-13-17-8-4-6-11-19(17)22)23-16-14-18-9-5-7-12-20(18)23;;;/h3-9,11-16,21-23H,2,10H2,1H3;2*1H;/q;;;+2/p-2. The van der Waals surface area contributed by atoms with Crippen molar-refractivity contribution in [1.82, 2.24) is 0 Å². The van der Waals surface area contributed by atoms with E-state index < -0.39 is 0 Å². The molecule has 133 valence electrons. The van der Waals surface area contributed by atoms with E-state index in [0.717, 1.165) is 3.63 Å². The maximum atomic E-state index is 2.46. The number of hydrogen-bond acceptors (Lipinski definition) is 0. The molecule has 0 fully saturated rings. The van der Waals surface area contributed by atoms with Crippen molar-refractivity contribution in [1.29, 1.82) is 0 Å². The van der Waals surface area contributed by atoms with Crippen molar-refractivity contribution >= 4 is 12.2 Å². The second-order valence-electron chi connectivity index (χ2n) is 7.03. The Morgan fingerprint density at radius 3 is 1.73 bits per heavy atom. The van der Waals surface area contributed by atoms with Crippen LogP contribution < -0.4 is 24.8 Å². The van der Waals surface area contributed by atoms with Gasteiger partial charge in [0.05, 0.1) is 0 Å². The van der Waals surface area contributed by atoms with Crippen molar-refractivity contribution in [3.63, 3.8) is 0 Å². The molecule has 0 bridgehead atoms. The second kappa shape index (κ2) is 9.54. The first-order valence-corrected chi connectivity index (χ1v) is 10.4. The Balaban J connectivity index is 0.00000121. The molecule has 4 rings (SSSR count). The van der Waals surface area contributed by atoms with E-state index in [9.17, 15) is 0 Å². The molecular formula is C23H23Cl2Zr. The van der Waals surface area contributed by atoms with E-state index >= 15 is 0 Å². The third-order valence-electron chi connectivity index (χ3n) is 5.65. The first-order valence-electron chi connectivity index (χ1n) is 9.03. The van der Waals surface area contributed by atoms with Crippen LogP contribution in [0.3, 0.4) is 0 Å². The largest absolute Gasteiger partial charge is 1.00 e. The molecule has 0 radical (unpaired) electrons. The molecule has 26 heavy (non-hydrogen) atoms. The number of hydrogen-bond donors (Lipinski definition) is 0. The third-order valence-corrected chi connectivity index (χ3v) is 7.23. The van der Waals surface area contributed by atoms with Crippen molar-refractivity contribution in [3.8, 4) is 0 Å². The molecule has 2 aliphatic carbocycles. The Morgan fingerprint density at radius 1 is 0.808 bits per heavy atom. The maximum Gasteiger partial charge on any atom is -1.00 e. The average molecular weight is 462 g/mol. The van der Waals surface area contributed by atoms with Crippen LogP contribution in [-0.2, 0) is 24.7 Å². The summed E-state index contributed by atoms with van der Waals surface area (Å²) < 4.78 is 0.851. The average Bonchev–Trinajstić information content (AvgIpc) is 3.24. The second-order valence-corrected chi connectivity index (χ2v) is 9.04. The van der Waals surface area contributed by atoms with Crippen LogP contribution >= 0.6 is 0 Å². The number of rotatable bonds is 5. The van der Waals surface area contributed by atoms with E-state index in [1.54, 1.807) is 24.7 Å². The fourth-order valence-electron chi connectivity index (χ4n) is 4.31. The van der Waals surface area contributed by atoms with E-state index in [4.69, 9.17) is 0 Å². The zero-order valence-corrected chi connectivity index (χ0v) is 18.9. The van der Waals surface area contributed by atoms with Gasteiger partial charge in [-0.25, -0.2) is 0 Å². The van der Waals surface area contributed by atoms with Gasteiger partial charge in [-0.05, 0) is 0 Å². The molecule has 0 aromatic heterocycles. The molecule has 0 saturated heterocycles. The van der Waals surface area contributed by atoms with Crippen LogP contribution in [0.4, 0.5) is 0 Å². The van der Waals surface area contributed by atoms with E-state index in [-0.39, 0.29) is 24.8 Å². The SMILES string of the molecule is CC[CH]([Zr+2])CC(C1C=Cc2ccccc21)C1C=Cc2ccccc21.[Cl-].[Cl-]. The third kappa shape index (κ3) is 4.11. The van der Waals surface area contributed by atoms with Gasteiger partial charge in [-0.3, -0.25) is 0 Å². The van der Waals surface area contributed by atoms with Crippen LogP contribution in [0.5, 0.6) is 0 Å². The molecule has 0 amide bonds. The van der Waals surface area contributed by atoms with Gasteiger partial charge >= 0.3 is 161 Å². The van der Waals surface area contributed by atoms with Crippen LogP contribution in [0.15, 0.2) is 60.7 Å². The Bertz CT molecular complexity index is 735. The molecule has 0 N–H and O–H groups in total. The van der Waals surface area contributed by atoms with Gasteiger partial charge in [-0.1, -0.05) is 0 Å². The Hall–Kier alpha value is -0.617. The fourth-order valence-corrected chi connectivity index (χ4v) is 4.98. The molecule has 3 heteroatoms. The quantitative estimate of drug-likeness (QED) is 0.604. The topological polar surface area (TPSA) is 0 Å². The molecule has 0 heterocycles. The summed E-state index contributed by atoms with van der Waals surface area (Å²) in [7, 11) is 0. The minimum absolute atomic E-state index is 0. The summed E-state index contributed by atoms with van der Waals surface area (Å²) in [6.45, 7) is 2.34. The number of allylic oxidation sites excluding steroid dienone is 2. The molecule has 2 aromatic rings. The van der Waals surface area contributed by atoms with E-state index in [1.807, 2.05) is 0 Å². The Morgan fingerprint density at radius 2 is 1.27 bits per heavy atom. The van der Waals surface area contributed by atoms with Gasteiger partial charge in [0.15, 0.2) is 0 Å². The minimum atomic E-state index is 0. The predicted octanol–water partition coefficient (Wildman–Crippen LogP) is 0.367. The summed E-state index contributed by atoms with van der Waals surface area (Å²) in [6, 6.07) is 17.9. The van der Waals surface area contributed by atoms with E-state index in [0.29, 0.717) is 17.8 Å². The van der Waals surface area contributed by atoms with E-state index in [1.165, 1.54) is 35.1 Å². The Kier molecular flexibility index (Phi) is 7.96. The van der Waals surface area contributed by atoms with Crippen LogP contribution in [0.2, 0.25) is 3.63 Å². The van der Waals surface area contributed by atoms with Crippen molar-refractivity contribution in [2.45, 2.75) is 35.2 Å². The van der Waals surface area contributed by atoms with E-state index in [2.05, 4.69) is 79.8 Å². The normalized spacial score (nSPS) is 21.3. The predicted molar refractivity (Wildman–Crippen MR) is 98.6 cm³/mol. The smallest absolute Gasteiger partial charge is 1.00 e. The van der Waals surface area contributed by atoms with Gasteiger partial charge in [0.25, 0.3) is 0 Å². The van der Waals surface area contributed by atoms with Gasteiger partial charge in [0, 0.05) is 0 Å². The summed E-state index contributed by atoms with van der Waals surface area (Å²) in [6.07, 6.45) is 12.2. The maximum absolute atomic E-state index is 2.46. The van der Waals surface area contributed by atoms with Gasteiger partial charge in [-0.2, -0.15) is 0 Å². The molecule has 2 aliphatic rings. The number of fused-ring (bicyclic) bond motifs is 2. The molecular weight excluding hydrogens is 438 g/mol. The first kappa shape index (κ1) is 21.7. The van der Waals surface area contributed by atoms with Crippen LogP contribution in [0.1, 0.15) is 53.9 Å². The summed E-state index contributed by atoms with van der Waals surface area (Å²) in [4.78, 5) is 0. The van der Waals surface area contributed by atoms with Crippen molar-refractivity contribution in [2.24, 2.45) is 5.92 Å². The number of halogens is 2. The van der Waals surface area contributed by atoms with Gasteiger partial charge < -0.3 is 24.8 Å². The molecule has 3 atom stereocenters. The summed E-state index contributed by atoms with van der Waals surface area (Å²) in [5.74, 6) is 1.77. The van der Waals surface area contributed by atoms with Gasteiger partial charge in [0.1, 0.15) is 0 Å². The molecule has 0 saturated carbocycles. The first-order chi connectivity index (χ1) is 11.8. The zero-order valence-electron chi connectivity index (χ0n) is 14.9. The monoisotopic (exact) mass is 459 g/mol. The zero-order chi connectivity index (χ0) is 16.5. The fraction of sp³-hybridized carbons (Fsp3) is 0.304. The van der Waals surface area contributed by atoms with Gasteiger partial charge in [0.2, 0.25) is 0 Å². The van der Waals surface area contributed by atoms with Crippen molar-refractivity contribution < 1.29 is 49.5 Å². The summed E-state index contributed by atoms with van der Waals surface area (Å²) >= 11 is 1.69. The van der Waals surface area contributed by atoms with Gasteiger partial charge in [-0.15, -0.1) is 0 Å². The van der Waals surface area contributed by atoms with Crippen LogP contribution in [-0.4, -0.2) is 0 Å². The molecule has 3 unspecified atom stereocenters. The molecule has 0 spiro atoms. The Labute approximate surface area is 184 Å².